The van der Waals surface area contributed by atoms with Gasteiger partial charge in [-0.1, -0.05) is 20.8 Å². The van der Waals surface area contributed by atoms with E-state index in [1.807, 2.05) is 23.6 Å². The van der Waals surface area contributed by atoms with Gasteiger partial charge in [0.1, 0.15) is 5.82 Å². The number of carbonyl (C=O) groups excluding carboxylic acids is 1. The lowest BCUT2D eigenvalue weighted by molar-refractivity contribution is -0.120. The zero-order valence-corrected chi connectivity index (χ0v) is 17.5. The molecule has 3 aromatic rings. The monoisotopic (exact) mass is 399 g/mol. The molecule has 1 saturated heterocycles. The van der Waals surface area contributed by atoms with Crippen LogP contribution in [0.25, 0.3) is 5.65 Å². The molecule has 28 heavy (non-hydrogen) atoms. The number of thiazole rings is 1. The van der Waals surface area contributed by atoms with Gasteiger partial charge in [-0.05, 0) is 19.1 Å². The van der Waals surface area contributed by atoms with E-state index in [-0.39, 0.29) is 11.3 Å². The molecule has 0 aliphatic carbocycles. The van der Waals surface area contributed by atoms with Crippen molar-refractivity contribution in [3.8, 4) is 0 Å². The zero-order valence-electron chi connectivity index (χ0n) is 16.6. The molecule has 1 aliphatic rings. The van der Waals surface area contributed by atoms with Crippen molar-refractivity contribution in [1.82, 2.24) is 30.1 Å². The lowest BCUT2D eigenvalue weighted by atomic mass is 9.96. The minimum absolute atomic E-state index is 0.0564. The van der Waals surface area contributed by atoms with Crippen molar-refractivity contribution < 1.29 is 4.79 Å². The van der Waals surface area contributed by atoms with Crippen LogP contribution in [0.3, 0.4) is 0 Å². The van der Waals surface area contributed by atoms with E-state index in [1.165, 1.54) is 0 Å². The van der Waals surface area contributed by atoms with E-state index in [1.54, 1.807) is 17.5 Å². The van der Waals surface area contributed by atoms with Gasteiger partial charge in [0, 0.05) is 42.0 Å². The van der Waals surface area contributed by atoms with Gasteiger partial charge in [-0.3, -0.25) is 4.79 Å². The summed E-state index contributed by atoms with van der Waals surface area (Å²) < 4.78 is 1.83. The highest BCUT2D eigenvalue weighted by Gasteiger charge is 2.29. The molecule has 0 saturated carbocycles. The Morgan fingerprint density at radius 1 is 1.29 bits per heavy atom. The number of carbonyl (C=O) groups is 1. The van der Waals surface area contributed by atoms with E-state index in [0.717, 1.165) is 40.3 Å². The molecule has 9 heteroatoms. The van der Waals surface area contributed by atoms with E-state index in [0.29, 0.717) is 18.9 Å². The number of nitrogens with zero attached hydrogens (tertiary/aromatic N) is 6. The first kappa shape index (κ1) is 18.8. The van der Waals surface area contributed by atoms with Crippen LogP contribution in [0.1, 0.15) is 36.5 Å². The third-order valence-electron chi connectivity index (χ3n) is 4.79. The highest BCUT2D eigenvalue weighted by atomic mass is 32.1. The number of rotatable bonds is 5. The standard InChI is InChI=1S/C19H25N7OS/c1-12-20-9-14(28-12)7-17(27)21-8-13-10-25(11-13)16-6-5-15-22-23-18(19(2,3)4)26(15)24-16/h5-6,9,13H,7-8,10-11H2,1-4H3,(H,21,27). The summed E-state index contributed by atoms with van der Waals surface area (Å²) in [5, 5.41) is 17.3. The Balaban J connectivity index is 1.32. The van der Waals surface area contributed by atoms with Crippen molar-refractivity contribution >= 4 is 28.7 Å². The van der Waals surface area contributed by atoms with Gasteiger partial charge in [-0.15, -0.1) is 26.6 Å². The topological polar surface area (TPSA) is 88.3 Å². The van der Waals surface area contributed by atoms with Gasteiger partial charge in [0.25, 0.3) is 0 Å². The largest absolute Gasteiger partial charge is 0.355 e. The maximum absolute atomic E-state index is 12.1. The molecule has 4 heterocycles. The summed E-state index contributed by atoms with van der Waals surface area (Å²) in [6.45, 7) is 10.7. The number of hydrogen-bond acceptors (Lipinski definition) is 7. The summed E-state index contributed by atoms with van der Waals surface area (Å²) in [5.41, 5.74) is 0.639. The lowest BCUT2D eigenvalue weighted by Crippen LogP contribution is -2.52. The number of aromatic nitrogens is 5. The molecule has 8 nitrogen and oxygen atoms in total. The van der Waals surface area contributed by atoms with Crippen LogP contribution in [0.4, 0.5) is 5.82 Å². The van der Waals surface area contributed by atoms with E-state index in [4.69, 9.17) is 5.10 Å². The second-order valence-electron chi connectivity index (χ2n) is 8.33. The second kappa shape index (κ2) is 7.12. The maximum atomic E-state index is 12.1. The molecule has 1 fully saturated rings. The van der Waals surface area contributed by atoms with Gasteiger partial charge in [0.2, 0.25) is 5.91 Å². The highest BCUT2D eigenvalue weighted by molar-refractivity contribution is 7.11. The fraction of sp³-hybridized carbons (Fsp3) is 0.526. The number of fused-ring (bicyclic) bond motifs is 1. The maximum Gasteiger partial charge on any atom is 0.225 e. The number of anilines is 1. The molecule has 1 N–H and O–H groups in total. The summed E-state index contributed by atoms with van der Waals surface area (Å²) >= 11 is 1.57. The quantitative estimate of drug-likeness (QED) is 0.706. The predicted octanol–water partition coefficient (Wildman–Crippen LogP) is 1.98. The van der Waals surface area contributed by atoms with Crippen molar-refractivity contribution in [3.63, 3.8) is 0 Å². The minimum Gasteiger partial charge on any atom is -0.355 e. The Bertz CT molecular complexity index is 997. The van der Waals surface area contributed by atoms with Crippen LogP contribution < -0.4 is 10.2 Å². The average molecular weight is 400 g/mol. The highest BCUT2D eigenvalue weighted by Crippen LogP contribution is 2.25. The first-order chi connectivity index (χ1) is 13.3. The number of hydrogen-bond donors (Lipinski definition) is 1. The fourth-order valence-corrected chi connectivity index (χ4v) is 4.06. The molecule has 4 rings (SSSR count). The third-order valence-corrected chi connectivity index (χ3v) is 5.71. The van der Waals surface area contributed by atoms with Crippen molar-refractivity contribution in [3.05, 3.63) is 34.0 Å². The van der Waals surface area contributed by atoms with Crippen LogP contribution in [0.5, 0.6) is 0 Å². The summed E-state index contributed by atoms with van der Waals surface area (Å²) in [6.07, 6.45) is 2.19. The van der Waals surface area contributed by atoms with Gasteiger partial charge in [0.05, 0.1) is 11.4 Å². The van der Waals surface area contributed by atoms with E-state index in [2.05, 4.69) is 46.2 Å². The first-order valence-electron chi connectivity index (χ1n) is 9.45. The Hall–Kier alpha value is -2.55. The Morgan fingerprint density at radius 2 is 2.07 bits per heavy atom. The van der Waals surface area contributed by atoms with Gasteiger partial charge in [-0.2, -0.15) is 4.52 Å². The van der Waals surface area contributed by atoms with Gasteiger partial charge in [-0.25, -0.2) is 4.98 Å². The average Bonchev–Trinajstić information content (AvgIpc) is 3.18. The van der Waals surface area contributed by atoms with Crippen LogP contribution in [0.2, 0.25) is 0 Å². The van der Waals surface area contributed by atoms with Crippen molar-refractivity contribution in [2.24, 2.45) is 5.92 Å². The molecule has 0 bridgehead atoms. The lowest BCUT2D eigenvalue weighted by Gasteiger charge is -2.40. The summed E-state index contributed by atoms with van der Waals surface area (Å²) in [6, 6.07) is 3.94. The Kier molecular flexibility index (Phi) is 4.78. The van der Waals surface area contributed by atoms with Crippen LogP contribution in [0.15, 0.2) is 18.3 Å². The second-order valence-corrected chi connectivity index (χ2v) is 9.65. The molecule has 0 radical (unpaired) electrons. The molecular formula is C19H25N7OS. The number of nitrogens with one attached hydrogen (secondary N) is 1. The smallest absolute Gasteiger partial charge is 0.225 e. The van der Waals surface area contributed by atoms with Crippen LogP contribution in [-0.4, -0.2) is 50.3 Å². The normalized spacial score (nSPS) is 15.1. The van der Waals surface area contributed by atoms with Crippen LogP contribution in [0, 0.1) is 12.8 Å². The van der Waals surface area contributed by atoms with Gasteiger partial charge >= 0.3 is 0 Å². The minimum atomic E-state index is -0.122. The van der Waals surface area contributed by atoms with Crippen molar-refractivity contribution in [2.75, 3.05) is 24.5 Å². The zero-order chi connectivity index (χ0) is 19.9. The van der Waals surface area contributed by atoms with Crippen molar-refractivity contribution in [2.45, 2.75) is 39.5 Å². The summed E-state index contributed by atoms with van der Waals surface area (Å²) in [4.78, 5) is 19.5. The van der Waals surface area contributed by atoms with Crippen LogP contribution in [-0.2, 0) is 16.6 Å². The number of aryl methyl sites for hydroxylation is 1. The molecule has 0 spiro atoms. The Morgan fingerprint density at radius 3 is 2.75 bits per heavy atom. The molecule has 0 unspecified atom stereocenters. The van der Waals surface area contributed by atoms with Gasteiger partial charge in [0.15, 0.2) is 11.5 Å². The number of amides is 1. The molecule has 1 amide bonds. The molecular weight excluding hydrogens is 374 g/mol. The first-order valence-corrected chi connectivity index (χ1v) is 10.3. The molecule has 0 aromatic carbocycles. The molecule has 1 aliphatic heterocycles. The van der Waals surface area contributed by atoms with E-state index in [9.17, 15) is 4.79 Å². The van der Waals surface area contributed by atoms with E-state index < -0.39 is 0 Å². The van der Waals surface area contributed by atoms with Crippen LogP contribution >= 0.6 is 11.3 Å². The molecule has 148 valence electrons. The van der Waals surface area contributed by atoms with Gasteiger partial charge < -0.3 is 10.2 Å². The molecule has 3 aromatic heterocycles. The van der Waals surface area contributed by atoms with E-state index >= 15 is 0 Å². The Labute approximate surface area is 168 Å². The fourth-order valence-electron chi connectivity index (χ4n) is 3.27. The third kappa shape index (κ3) is 3.84. The molecule has 0 atom stereocenters. The van der Waals surface area contributed by atoms with Crippen molar-refractivity contribution in [1.29, 1.82) is 0 Å². The SMILES string of the molecule is Cc1ncc(CC(=O)NCC2CN(c3ccc4nnc(C(C)(C)C)n4n3)C2)s1. The summed E-state index contributed by atoms with van der Waals surface area (Å²) in [7, 11) is 0. The predicted molar refractivity (Wildman–Crippen MR) is 109 cm³/mol. The summed E-state index contributed by atoms with van der Waals surface area (Å²) in [5.74, 6) is 2.26.